The number of ether oxygens (including phenoxy) is 7. The van der Waals surface area contributed by atoms with Gasteiger partial charge in [-0.25, -0.2) is 18.6 Å². The second-order valence-corrected chi connectivity index (χ2v) is 19.2. The molecule has 0 bridgehead atoms. The van der Waals surface area contributed by atoms with Crippen LogP contribution in [0, 0.1) is 11.6 Å². The lowest BCUT2D eigenvalue weighted by molar-refractivity contribution is 0.0635. The van der Waals surface area contributed by atoms with Crippen LogP contribution in [0.15, 0.2) is 114 Å². The average Bonchev–Trinajstić information content (AvgIpc) is 3.39. The number of nitrogens with one attached hydrogen (secondary N) is 2. The van der Waals surface area contributed by atoms with E-state index in [4.69, 9.17) is 43.9 Å². The van der Waals surface area contributed by atoms with Crippen LogP contribution in [0.25, 0.3) is 22.5 Å². The molecule has 0 unspecified atom stereocenters. The first-order chi connectivity index (χ1) is 35.7. The van der Waals surface area contributed by atoms with Crippen molar-refractivity contribution in [2.75, 3.05) is 80.6 Å². The molecule has 4 N–H and O–H groups in total. The molecule has 2 fully saturated rings. The number of aromatic amines is 1. The van der Waals surface area contributed by atoms with Crippen molar-refractivity contribution in [2.45, 2.75) is 45.8 Å². The molecule has 2 aromatic heterocycles. The first-order valence-corrected chi connectivity index (χ1v) is 24.4. The van der Waals surface area contributed by atoms with Gasteiger partial charge in [0.2, 0.25) is 11.4 Å². The number of morpholine rings is 2. The molecule has 15 nitrogen and oxygen atoms in total. The number of aromatic nitrogens is 2. The molecule has 0 saturated carbocycles. The summed E-state index contributed by atoms with van der Waals surface area (Å²) in [4.78, 5) is 36.4. The summed E-state index contributed by atoms with van der Waals surface area (Å²) in [5.41, 5.74) is 13.5. The highest BCUT2D eigenvalue weighted by Crippen LogP contribution is 2.47. The van der Waals surface area contributed by atoms with Crippen molar-refractivity contribution in [2.24, 2.45) is 0 Å². The smallest absolute Gasteiger partial charge is 0.412 e. The van der Waals surface area contributed by atoms with Crippen LogP contribution in [0.5, 0.6) is 34.6 Å². The van der Waals surface area contributed by atoms with Gasteiger partial charge in [0.05, 0.1) is 56.1 Å². The maximum atomic E-state index is 15.7. The maximum absolute atomic E-state index is 15.7. The second kappa shape index (κ2) is 21.1. The van der Waals surface area contributed by atoms with Gasteiger partial charge in [0.25, 0.3) is 0 Å². The summed E-state index contributed by atoms with van der Waals surface area (Å²) >= 11 is 0. The first kappa shape index (κ1) is 49.4. The Labute approximate surface area is 426 Å². The zero-order valence-corrected chi connectivity index (χ0v) is 41.5. The number of amides is 1. The van der Waals surface area contributed by atoms with Gasteiger partial charge in [0.1, 0.15) is 52.6 Å². The first-order valence-electron chi connectivity index (χ1n) is 24.4. The quantitative estimate of drug-likeness (QED) is 0.117. The molecular formula is C57H56F2N6O9. The van der Waals surface area contributed by atoms with Crippen molar-refractivity contribution >= 4 is 28.8 Å². The van der Waals surface area contributed by atoms with Crippen molar-refractivity contribution in [3.05, 3.63) is 159 Å². The summed E-state index contributed by atoms with van der Waals surface area (Å²) in [7, 11) is 1.62. The summed E-state index contributed by atoms with van der Waals surface area (Å²) < 4.78 is 70.9. The zero-order chi connectivity index (χ0) is 51.5. The van der Waals surface area contributed by atoms with Crippen LogP contribution in [0.4, 0.5) is 36.3 Å². The van der Waals surface area contributed by atoms with E-state index in [1.807, 2.05) is 69.3 Å². The number of methoxy groups -OCH3 is 1. The number of H-pyrrole nitrogens is 1. The Bertz CT molecular complexity index is 3280. The average molecular weight is 1010 g/mol. The van der Waals surface area contributed by atoms with Crippen LogP contribution in [0.1, 0.15) is 48.6 Å². The van der Waals surface area contributed by atoms with E-state index in [1.165, 1.54) is 18.2 Å². The number of fused-ring (bicyclic) bond motifs is 4. The molecule has 0 radical (unpaired) electrons. The van der Waals surface area contributed by atoms with E-state index < -0.39 is 23.3 Å². The third-order valence-corrected chi connectivity index (χ3v) is 12.8. The fourth-order valence-electron chi connectivity index (χ4n) is 9.23. The Morgan fingerprint density at radius 1 is 0.716 bits per heavy atom. The van der Waals surface area contributed by atoms with Crippen LogP contribution in [0.3, 0.4) is 0 Å². The Morgan fingerprint density at radius 3 is 1.95 bits per heavy atom. The highest BCUT2D eigenvalue weighted by Gasteiger charge is 2.28. The van der Waals surface area contributed by atoms with E-state index in [9.17, 15) is 14.0 Å². The van der Waals surface area contributed by atoms with Crippen LogP contribution < -0.4 is 45.4 Å². The predicted octanol–water partition coefficient (Wildman–Crippen LogP) is 10.7. The summed E-state index contributed by atoms with van der Waals surface area (Å²) in [6.07, 6.45) is 0.516. The second-order valence-electron chi connectivity index (χ2n) is 19.2. The number of nitrogen functional groups attached to an aromatic ring is 1. The molecule has 0 atom stereocenters. The number of hydrogen-bond acceptors (Lipinski definition) is 13. The van der Waals surface area contributed by atoms with Crippen molar-refractivity contribution in [1.82, 2.24) is 9.97 Å². The molecule has 11 rings (SSSR count). The van der Waals surface area contributed by atoms with E-state index in [0.717, 1.165) is 44.9 Å². The van der Waals surface area contributed by atoms with Gasteiger partial charge in [-0.05, 0) is 99.1 Å². The van der Waals surface area contributed by atoms with Crippen molar-refractivity contribution in [1.29, 1.82) is 0 Å². The largest absolute Gasteiger partial charge is 0.497 e. The van der Waals surface area contributed by atoms with E-state index >= 15 is 4.39 Å². The number of hydrogen-bond donors (Lipinski definition) is 3. The van der Waals surface area contributed by atoms with Gasteiger partial charge in [0.15, 0.2) is 0 Å². The van der Waals surface area contributed by atoms with Gasteiger partial charge in [-0.15, -0.1) is 0 Å². The number of halogens is 2. The molecule has 1 amide bonds. The molecule has 5 aromatic carbocycles. The van der Waals surface area contributed by atoms with Gasteiger partial charge < -0.3 is 53.7 Å². The van der Waals surface area contributed by atoms with Crippen LogP contribution in [-0.2, 0) is 33.7 Å². The van der Waals surface area contributed by atoms with Gasteiger partial charge in [0, 0.05) is 96.2 Å². The summed E-state index contributed by atoms with van der Waals surface area (Å²) in [5.74, 6) is 2.28. The minimum atomic E-state index is -0.617. The molecule has 7 aromatic rings. The highest BCUT2D eigenvalue weighted by molar-refractivity contribution is 5.85. The van der Waals surface area contributed by atoms with Crippen molar-refractivity contribution in [3.63, 3.8) is 0 Å². The fourth-order valence-corrected chi connectivity index (χ4v) is 9.23. The molecule has 2 saturated heterocycles. The van der Waals surface area contributed by atoms with Crippen LogP contribution in [-0.4, -0.2) is 81.4 Å². The van der Waals surface area contributed by atoms with Gasteiger partial charge in [-0.3, -0.25) is 10.1 Å². The molecule has 74 heavy (non-hydrogen) atoms. The number of rotatable bonds is 9. The molecule has 382 valence electrons. The summed E-state index contributed by atoms with van der Waals surface area (Å²) in [5, 5.41) is 2.77. The number of benzene rings is 5. The SMILES string of the molecule is COc1ccc(COc2cc(N3CCOCC3)cc(-c3c(F)ccc4c3Oc3ccc(NC(=O)OC(C)(C)C)cc3C4)n2)cc1.Nc1ccc2c(c1)Cc1ccc(F)c(-c3cc(N4CCOCC4)cc(=O)[nH]3)c1O2. The zero-order valence-electron chi connectivity index (χ0n) is 41.5. The molecule has 17 heteroatoms. The number of nitrogens with zero attached hydrogens (tertiary/aromatic N) is 3. The maximum Gasteiger partial charge on any atom is 0.412 e. The van der Waals surface area contributed by atoms with Gasteiger partial charge in [-0.2, -0.15) is 0 Å². The lowest BCUT2D eigenvalue weighted by Gasteiger charge is -2.29. The fraction of sp³-hybridized carbons (Fsp3) is 0.281. The van der Waals surface area contributed by atoms with E-state index in [1.54, 1.807) is 49.6 Å². The van der Waals surface area contributed by atoms with Crippen molar-refractivity contribution < 1.29 is 46.7 Å². The number of anilines is 4. The lowest BCUT2D eigenvalue weighted by Crippen LogP contribution is -2.36. The summed E-state index contributed by atoms with van der Waals surface area (Å²) in [6.45, 7) is 10.8. The minimum absolute atomic E-state index is 0.261. The van der Waals surface area contributed by atoms with Crippen LogP contribution in [0.2, 0.25) is 0 Å². The Balaban J connectivity index is 0.000000185. The third-order valence-electron chi connectivity index (χ3n) is 12.8. The van der Waals surface area contributed by atoms with Crippen molar-refractivity contribution in [3.8, 4) is 57.1 Å². The lowest BCUT2D eigenvalue weighted by atomic mass is 9.95. The van der Waals surface area contributed by atoms with Gasteiger partial charge in [-0.1, -0.05) is 24.3 Å². The van der Waals surface area contributed by atoms with E-state index in [0.29, 0.717) is 117 Å². The Hall–Kier alpha value is -8.15. The molecule has 4 aliphatic heterocycles. The third kappa shape index (κ3) is 11.2. The Morgan fingerprint density at radius 2 is 1.31 bits per heavy atom. The number of carbonyl (C=O) groups is 1. The standard InChI is InChI=1S/C35H36FN3O6.C22H20FN3O3/c1-35(2,3)45-34(40)37-25-8-12-30-24(18-25)17-23-7-11-28(36)32(33(23)44-30)29-19-26(39-13-15-42-16-14-39)20-31(38-29)43-21-22-5-9-27(41-4)10-6-22;23-17-3-1-13-9-14-10-15(24)2-4-19(14)29-22(13)21(17)18-11-16(12-20(27)25-18)26-5-7-28-8-6-26/h5-12,18-20H,13-17,21H2,1-4H3,(H,37,40);1-4,10-12H,5-9,24H2,(H,25,27). The summed E-state index contributed by atoms with van der Waals surface area (Å²) in [6, 6.07) is 31.7. The number of pyridine rings is 2. The molecule has 0 aliphatic carbocycles. The van der Waals surface area contributed by atoms with E-state index in [-0.39, 0.29) is 23.3 Å². The van der Waals surface area contributed by atoms with E-state index in [2.05, 4.69) is 20.1 Å². The molecule has 0 spiro atoms. The normalized spacial score (nSPS) is 14.6. The predicted molar refractivity (Wildman–Crippen MR) is 278 cm³/mol. The molecule has 6 heterocycles. The topological polar surface area (TPSA) is 172 Å². The van der Waals surface area contributed by atoms with Gasteiger partial charge >= 0.3 is 6.09 Å². The minimum Gasteiger partial charge on any atom is -0.497 e. The molecule has 4 aliphatic rings. The monoisotopic (exact) mass is 1010 g/mol. The number of carbonyl (C=O) groups excluding carboxylic acids is 1. The number of nitrogens with two attached hydrogens (primary N) is 1. The van der Waals surface area contributed by atoms with Crippen LogP contribution >= 0.6 is 0 Å². The Kier molecular flexibility index (Phi) is 14.1. The molecular weight excluding hydrogens is 951 g/mol. The highest BCUT2D eigenvalue weighted by atomic mass is 19.1.